The van der Waals surface area contributed by atoms with Crippen LogP contribution in [0.4, 0.5) is 0 Å². The van der Waals surface area contributed by atoms with Crippen molar-refractivity contribution in [2.45, 2.75) is 27.2 Å². The molecule has 0 fully saturated rings. The van der Waals surface area contributed by atoms with Crippen LogP contribution < -0.4 is 0 Å². The molecule has 13 heavy (non-hydrogen) atoms. The highest BCUT2D eigenvalue weighted by Gasteiger charge is 2.00. The summed E-state index contributed by atoms with van der Waals surface area (Å²) in [6, 6.07) is 0. The monoisotopic (exact) mass is 181 g/mol. The second-order valence-corrected chi connectivity index (χ2v) is 2.80. The van der Waals surface area contributed by atoms with Gasteiger partial charge in [-0.05, 0) is 13.3 Å². The molecule has 0 amide bonds. The number of ether oxygens (including phenoxy) is 1. The molecule has 0 aliphatic carbocycles. The Morgan fingerprint density at radius 1 is 1.69 bits per heavy atom. The van der Waals surface area contributed by atoms with Gasteiger partial charge in [0.05, 0.1) is 19.0 Å². The molecule has 72 valence electrons. The Hall–Kier alpha value is -1.32. The predicted octanol–water partition coefficient (Wildman–Crippen LogP) is 1.58. The van der Waals surface area contributed by atoms with E-state index in [1.807, 2.05) is 20.0 Å². The highest BCUT2D eigenvalue weighted by molar-refractivity contribution is 5.72. The fourth-order valence-electron chi connectivity index (χ4n) is 0.987. The van der Waals surface area contributed by atoms with E-state index in [1.54, 1.807) is 11.8 Å². The smallest absolute Gasteiger partial charge is 0.203 e. The zero-order valence-electron chi connectivity index (χ0n) is 8.53. The Bertz CT molecular complexity index is 315. The SMILES string of the molecule is CCc1cn(/N=C(\C)OC)c(C)n1. The van der Waals surface area contributed by atoms with Crippen molar-refractivity contribution >= 4 is 5.90 Å². The average molecular weight is 181 g/mol. The van der Waals surface area contributed by atoms with E-state index in [0.29, 0.717) is 5.90 Å². The minimum atomic E-state index is 0.628. The molecular weight excluding hydrogens is 166 g/mol. The molecule has 0 aliphatic heterocycles. The van der Waals surface area contributed by atoms with E-state index in [2.05, 4.69) is 17.0 Å². The van der Waals surface area contributed by atoms with E-state index in [0.717, 1.165) is 17.9 Å². The Labute approximate surface area is 78.2 Å². The minimum Gasteiger partial charge on any atom is -0.483 e. The van der Waals surface area contributed by atoms with Gasteiger partial charge < -0.3 is 4.74 Å². The van der Waals surface area contributed by atoms with Crippen molar-refractivity contribution in [3.8, 4) is 0 Å². The standard InChI is InChI=1S/C9H15N3O/c1-5-9-6-12(7(2)10-9)11-8(3)13-4/h6H,5H2,1-4H3/b11-8+. The van der Waals surface area contributed by atoms with Crippen LogP contribution in [0.3, 0.4) is 0 Å². The fourth-order valence-corrected chi connectivity index (χ4v) is 0.987. The third-order valence-corrected chi connectivity index (χ3v) is 1.81. The Morgan fingerprint density at radius 3 is 2.85 bits per heavy atom. The van der Waals surface area contributed by atoms with Crippen LogP contribution in [0.2, 0.25) is 0 Å². The Kier molecular flexibility index (Phi) is 3.06. The summed E-state index contributed by atoms with van der Waals surface area (Å²) < 4.78 is 6.69. The summed E-state index contributed by atoms with van der Waals surface area (Å²) >= 11 is 0. The largest absolute Gasteiger partial charge is 0.483 e. The van der Waals surface area contributed by atoms with E-state index < -0.39 is 0 Å². The van der Waals surface area contributed by atoms with Gasteiger partial charge in [0.15, 0.2) is 0 Å². The molecule has 4 nitrogen and oxygen atoms in total. The van der Waals surface area contributed by atoms with Gasteiger partial charge >= 0.3 is 0 Å². The van der Waals surface area contributed by atoms with Crippen molar-refractivity contribution in [2.75, 3.05) is 7.11 Å². The fraction of sp³-hybridized carbons (Fsp3) is 0.556. The summed E-state index contributed by atoms with van der Waals surface area (Å²) in [5.41, 5.74) is 1.05. The highest BCUT2D eigenvalue weighted by atomic mass is 16.5. The maximum Gasteiger partial charge on any atom is 0.203 e. The second-order valence-electron chi connectivity index (χ2n) is 2.80. The molecule has 1 heterocycles. The topological polar surface area (TPSA) is 39.4 Å². The van der Waals surface area contributed by atoms with Crippen molar-refractivity contribution in [3.63, 3.8) is 0 Å². The number of aryl methyl sites for hydroxylation is 2. The number of methoxy groups -OCH3 is 1. The first-order valence-electron chi connectivity index (χ1n) is 4.31. The lowest BCUT2D eigenvalue weighted by Gasteiger charge is -1.98. The molecule has 0 aromatic carbocycles. The van der Waals surface area contributed by atoms with Crippen LogP contribution in [0, 0.1) is 6.92 Å². The number of hydrogen-bond acceptors (Lipinski definition) is 3. The molecule has 0 atom stereocenters. The number of nitrogens with zero attached hydrogens (tertiary/aromatic N) is 3. The summed E-state index contributed by atoms with van der Waals surface area (Å²) in [6.45, 7) is 5.80. The molecule has 0 radical (unpaired) electrons. The first-order chi connectivity index (χ1) is 6.17. The van der Waals surface area contributed by atoms with E-state index >= 15 is 0 Å². The van der Waals surface area contributed by atoms with E-state index in [1.165, 1.54) is 0 Å². The van der Waals surface area contributed by atoms with Crippen molar-refractivity contribution in [3.05, 3.63) is 17.7 Å². The maximum atomic E-state index is 4.95. The minimum absolute atomic E-state index is 0.628. The zero-order chi connectivity index (χ0) is 9.84. The molecule has 0 spiro atoms. The van der Waals surface area contributed by atoms with Crippen LogP contribution in [-0.2, 0) is 11.2 Å². The van der Waals surface area contributed by atoms with Crippen LogP contribution >= 0.6 is 0 Å². The van der Waals surface area contributed by atoms with Crippen molar-refractivity contribution < 1.29 is 4.74 Å². The Morgan fingerprint density at radius 2 is 2.38 bits per heavy atom. The summed E-state index contributed by atoms with van der Waals surface area (Å²) in [5, 5.41) is 4.19. The average Bonchev–Trinajstić information content (AvgIpc) is 2.47. The lowest BCUT2D eigenvalue weighted by atomic mass is 10.4. The first-order valence-corrected chi connectivity index (χ1v) is 4.31. The van der Waals surface area contributed by atoms with E-state index in [9.17, 15) is 0 Å². The molecule has 1 aromatic rings. The van der Waals surface area contributed by atoms with Gasteiger partial charge in [0.2, 0.25) is 5.90 Å². The lowest BCUT2D eigenvalue weighted by molar-refractivity contribution is 0.394. The van der Waals surface area contributed by atoms with Crippen LogP contribution in [0.1, 0.15) is 25.4 Å². The van der Waals surface area contributed by atoms with Gasteiger partial charge in [-0.15, -0.1) is 5.10 Å². The van der Waals surface area contributed by atoms with Gasteiger partial charge in [0.1, 0.15) is 5.82 Å². The van der Waals surface area contributed by atoms with Gasteiger partial charge in [-0.3, -0.25) is 0 Å². The zero-order valence-corrected chi connectivity index (χ0v) is 8.53. The van der Waals surface area contributed by atoms with Gasteiger partial charge in [-0.1, -0.05) is 6.92 Å². The lowest BCUT2D eigenvalue weighted by Crippen LogP contribution is -1.99. The van der Waals surface area contributed by atoms with Gasteiger partial charge in [0, 0.05) is 6.92 Å². The summed E-state index contributed by atoms with van der Waals surface area (Å²) in [6.07, 6.45) is 2.84. The molecule has 0 N–H and O–H groups in total. The second kappa shape index (κ2) is 4.07. The van der Waals surface area contributed by atoms with E-state index in [-0.39, 0.29) is 0 Å². The third kappa shape index (κ3) is 2.31. The van der Waals surface area contributed by atoms with Crippen LogP contribution in [0.15, 0.2) is 11.3 Å². The summed E-state index contributed by atoms with van der Waals surface area (Å²) in [7, 11) is 1.60. The number of imidazole rings is 1. The molecular formula is C9H15N3O. The van der Waals surface area contributed by atoms with Crippen LogP contribution in [-0.4, -0.2) is 22.7 Å². The molecule has 0 aliphatic rings. The van der Waals surface area contributed by atoms with Gasteiger partial charge in [-0.25, -0.2) is 9.66 Å². The molecule has 0 saturated carbocycles. The summed E-state index contributed by atoms with van der Waals surface area (Å²) in [4.78, 5) is 4.32. The Balaban J connectivity index is 2.94. The predicted molar refractivity (Wildman–Crippen MR) is 51.9 cm³/mol. The molecule has 4 heteroatoms. The van der Waals surface area contributed by atoms with Crippen LogP contribution in [0.5, 0.6) is 0 Å². The highest BCUT2D eigenvalue weighted by Crippen LogP contribution is 2.02. The molecule has 0 saturated heterocycles. The van der Waals surface area contributed by atoms with Gasteiger partial charge in [-0.2, -0.15) is 0 Å². The van der Waals surface area contributed by atoms with Crippen LogP contribution in [0.25, 0.3) is 0 Å². The molecule has 1 aromatic heterocycles. The molecule has 1 rings (SSSR count). The molecule has 0 unspecified atom stereocenters. The summed E-state index contributed by atoms with van der Waals surface area (Å²) in [5.74, 6) is 1.51. The third-order valence-electron chi connectivity index (χ3n) is 1.81. The van der Waals surface area contributed by atoms with Gasteiger partial charge in [0.25, 0.3) is 0 Å². The van der Waals surface area contributed by atoms with Crippen molar-refractivity contribution in [1.82, 2.24) is 9.66 Å². The normalized spacial score (nSPS) is 11.8. The number of aromatic nitrogens is 2. The first kappa shape index (κ1) is 9.77. The van der Waals surface area contributed by atoms with E-state index in [4.69, 9.17) is 4.74 Å². The molecule has 0 bridgehead atoms. The van der Waals surface area contributed by atoms with Crippen molar-refractivity contribution in [2.24, 2.45) is 5.10 Å². The van der Waals surface area contributed by atoms with Crippen molar-refractivity contribution in [1.29, 1.82) is 0 Å². The number of rotatable bonds is 2. The number of hydrogen-bond donors (Lipinski definition) is 0. The maximum absolute atomic E-state index is 4.95. The quantitative estimate of drug-likeness (QED) is 0.513.